The normalized spacial score (nSPS) is 16.7. The van der Waals surface area contributed by atoms with E-state index in [1.807, 2.05) is 6.92 Å². The SMILES string of the molecule is Cc1nnc(NCC2CCSCC2)c2ccccc12. The summed E-state index contributed by atoms with van der Waals surface area (Å²) in [7, 11) is 0. The van der Waals surface area contributed by atoms with Gasteiger partial charge >= 0.3 is 0 Å². The average molecular weight is 273 g/mol. The van der Waals surface area contributed by atoms with Crippen molar-refractivity contribution in [3.8, 4) is 0 Å². The first-order valence-electron chi connectivity index (χ1n) is 6.88. The predicted molar refractivity (Wildman–Crippen MR) is 82.8 cm³/mol. The lowest BCUT2D eigenvalue weighted by Crippen LogP contribution is -2.19. The van der Waals surface area contributed by atoms with Crippen LogP contribution >= 0.6 is 11.8 Å². The summed E-state index contributed by atoms with van der Waals surface area (Å²) < 4.78 is 0. The fourth-order valence-corrected chi connectivity index (χ4v) is 3.76. The van der Waals surface area contributed by atoms with Crippen molar-refractivity contribution in [2.75, 3.05) is 23.4 Å². The van der Waals surface area contributed by atoms with Gasteiger partial charge in [0.2, 0.25) is 0 Å². The first-order chi connectivity index (χ1) is 9.34. The highest BCUT2D eigenvalue weighted by atomic mass is 32.2. The minimum Gasteiger partial charge on any atom is -0.368 e. The molecule has 0 atom stereocenters. The number of fused-ring (bicyclic) bond motifs is 1. The van der Waals surface area contributed by atoms with Crippen LogP contribution in [0.1, 0.15) is 18.5 Å². The molecule has 1 saturated heterocycles. The van der Waals surface area contributed by atoms with E-state index >= 15 is 0 Å². The molecule has 1 fully saturated rings. The van der Waals surface area contributed by atoms with Crippen LogP contribution in [0.25, 0.3) is 10.8 Å². The Balaban J connectivity index is 1.79. The first-order valence-corrected chi connectivity index (χ1v) is 8.03. The zero-order valence-corrected chi connectivity index (χ0v) is 12.0. The zero-order chi connectivity index (χ0) is 13.1. The van der Waals surface area contributed by atoms with Crippen molar-refractivity contribution in [3.05, 3.63) is 30.0 Å². The van der Waals surface area contributed by atoms with Gasteiger partial charge in [0.15, 0.2) is 5.82 Å². The van der Waals surface area contributed by atoms with Crippen molar-refractivity contribution in [1.82, 2.24) is 10.2 Å². The lowest BCUT2D eigenvalue weighted by molar-refractivity contribution is 0.515. The van der Waals surface area contributed by atoms with E-state index in [1.54, 1.807) is 0 Å². The Hall–Kier alpha value is -1.29. The molecule has 2 heterocycles. The second-order valence-corrected chi connectivity index (χ2v) is 6.34. The minimum absolute atomic E-state index is 0.781. The average Bonchev–Trinajstić information content (AvgIpc) is 2.48. The number of nitrogens with zero attached hydrogens (tertiary/aromatic N) is 2. The number of nitrogens with one attached hydrogen (secondary N) is 1. The van der Waals surface area contributed by atoms with Gasteiger partial charge in [-0.2, -0.15) is 16.9 Å². The van der Waals surface area contributed by atoms with Crippen LogP contribution in [-0.4, -0.2) is 28.2 Å². The van der Waals surface area contributed by atoms with E-state index in [9.17, 15) is 0 Å². The molecule has 1 N–H and O–H groups in total. The van der Waals surface area contributed by atoms with E-state index in [-0.39, 0.29) is 0 Å². The molecular formula is C15H19N3S. The summed E-state index contributed by atoms with van der Waals surface area (Å²) in [5.74, 6) is 4.31. The number of aromatic nitrogens is 2. The van der Waals surface area contributed by atoms with Gasteiger partial charge in [-0.05, 0) is 37.2 Å². The van der Waals surface area contributed by atoms with Crippen molar-refractivity contribution >= 4 is 28.4 Å². The summed E-state index contributed by atoms with van der Waals surface area (Å²) in [6.07, 6.45) is 2.63. The molecular weight excluding hydrogens is 254 g/mol. The highest BCUT2D eigenvalue weighted by Gasteiger charge is 2.14. The summed E-state index contributed by atoms with van der Waals surface area (Å²) >= 11 is 2.07. The molecule has 0 bridgehead atoms. The molecule has 0 saturated carbocycles. The van der Waals surface area contributed by atoms with Crippen molar-refractivity contribution in [2.24, 2.45) is 5.92 Å². The molecule has 3 nitrogen and oxygen atoms in total. The van der Waals surface area contributed by atoms with Crippen LogP contribution in [0.5, 0.6) is 0 Å². The monoisotopic (exact) mass is 273 g/mol. The molecule has 0 aliphatic carbocycles. The van der Waals surface area contributed by atoms with E-state index in [4.69, 9.17) is 0 Å². The van der Waals surface area contributed by atoms with Gasteiger partial charge < -0.3 is 5.32 Å². The summed E-state index contributed by atoms with van der Waals surface area (Å²) in [6.45, 7) is 3.03. The quantitative estimate of drug-likeness (QED) is 0.929. The van der Waals surface area contributed by atoms with Gasteiger partial charge in [-0.15, -0.1) is 5.10 Å². The topological polar surface area (TPSA) is 37.8 Å². The Kier molecular flexibility index (Phi) is 3.87. The maximum atomic E-state index is 4.32. The second-order valence-electron chi connectivity index (χ2n) is 5.12. The van der Waals surface area contributed by atoms with Crippen LogP contribution in [0.15, 0.2) is 24.3 Å². The summed E-state index contributed by atoms with van der Waals surface area (Å²) in [5, 5.41) is 14.5. The standard InChI is InChI=1S/C15H19N3S/c1-11-13-4-2-3-5-14(13)15(18-17-11)16-10-12-6-8-19-9-7-12/h2-5,12H,6-10H2,1H3,(H,16,18). The Morgan fingerprint density at radius 1 is 1.16 bits per heavy atom. The van der Waals surface area contributed by atoms with Crippen LogP contribution in [-0.2, 0) is 0 Å². The van der Waals surface area contributed by atoms with Gasteiger partial charge in [0.05, 0.1) is 5.69 Å². The number of anilines is 1. The van der Waals surface area contributed by atoms with E-state index in [0.717, 1.165) is 24.0 Å². The van der Waals surface area contributed by atoms with Crippen molar-refractivity contribution < 1.29 is 0 Å². The van der Waals surface area contributed by atoms with Crippen LogP contribution in [0, 0.1) is 12.8 Å². The molecule has 0 radical (unpaired) electrons. The number of aryl methyl sites for hydroxylation is 1. The van der Waals surface area contributed by atoms with E-state index in [2.05, 4.69) is 51.5 Å². The van der Waals surface area contributed by atoms with Gasteiger partial charge in [0, 0.05) is 17.3 Å². The summed E-state index contributed by atoms with van der Waals surface area (Å²) in [4.78, 5) is 0. The molecule has 1 aliphatic rings. The third-order valence-electron chi connectivity index (χ3n) is 3.77. The summed E-state index contributed by atoms with van der Waals surface area (Å²) in [5.41, 5.74) is 0.996. The van der Waals surface area contributed by atoms with Crippen LogP contribution in [0.4, 0.5) is 5.82 Å². The Morgan fingerprint density at radius 2 is 1.89 bits per heavy atom. The third kappa shape index (κ3) is 2.84. The lowest BCUT2D eigenvalue weighted by atomic mass is 10.0. The Morgan fingerprint density at radius 3 is 2.68 bits per heavy atom. The molecule has 1 aliphatic heterocycles. The second kappa shape index (κ2) is 5.78. The lowest BCUT2D eigenvalue weighted by Gasteiger charge is -2.22. The largest absolute Gasteiger partial charge is 0.368 e. The molecule has 0 spiro atoms. The highest BCUT2D eigenvalue weighted by molar-refractivity contribution is 7.99. The fourth-order valence-electron chi connectivity index (χ4n) is 2.56. The molecule has 0 amide bonds. The minimum atomic E-state index is 0.781. The molecule has 1 aromatic heterocycles. The fraction of sp³-hybridized carbons (Fsp3) is 0.467. The maximum Gasteiger partial charge on any atom is 0.156 e. The molecule has 2 aromatic rings. The van der Waals surface area contributed by atoms with E-state index in [0.29, 0.717) is 0 Å². The number of benzene rings is 1. The van der Waals surface area contributed by atoms with Crippen LogP contribution in [0.2, 0.25) is 0 Å². The number of hydrogen-bond acceptors (Lipinski definition) is 4. The summed E-state index contributed by atoms with van der Waals surface area (Å²) in [6, 6.07) is 8.35. The van der Waals surface area contributed by atoms with Gasteiger partial charge in [0.25, 0.3) is 0 Å². The number of hydrogen-bond donors (Lipinski definition) is 1. The number of thioether (sulfide) groups is 1. The van der Waals surface area contributed by atoms with Crippen molar-refractivity contribution in [1.29, 1.82) is 0 Å². The van der Waals surface area contributed by atoms with Gasteiger partial charge in [-0.3, -0.25) is 0 Å². The first kappa shape index (κ1) is 12.7. The van der Waals surface area contributed by atoms with Gasteiger partial charge in [-0.1, -0.05) is 24.3 Å². The predicted octanol–water partition coefficient (Wildman–Crippen LogP) is 3.49. The van der Waals surface area contributed by atoms with Crippen LogP contribution < -0.4 is 5.32 Å². The van der Waals surface area contributed by atoms with Crippen molar-refractivity contribution in [3.63, 3.8) is 0 Å². The van der Waals surface area contributed by atoms with Gasteiger partial charge in [0.1, 0.15) is 0 Å². The Labute approximate surface area is 118 Å². The molecule has 1 aromatic carbocycles. The smallest absolute Gasteiger partial charge is 0.156 e. The van der Waals surface area contributed by atoms with Crippen LogP contribution in [0.3, 0.4) is 0 Å². The Bertz CT molecular complexity index is 564. The van der Waals surface area contributed by atoms with Gasteiger partial charge in [-0.25, -0.2) is 0 Å². The molecule has 4 heteroatoms. The number of rotatable bonds is 3. The highest BCUT2D eigenvalue weighted by Crippen LogP contribution is 2.25. The van der Waals surface area contributed by atoms with E-state index in [1.165, 1.54) is 35.1 Å². The van der Waals surface area contributed by atoms with Crippen molar-refractivity contribution in [2.45, 2.75) is 19.8 Å². The van der Waals surface area contributed by atoms with E-state index < -0.39 is 0 Å². The molecule has 3 rings (SSSR count). The maximum absolute atomic E-state index is 4.32. The molecule has 0 unspecified atom stereocenters. The molecule has 19 heavy (non-hydrogen) atoms. The third-order valence-corrected chi connectivity index (χ3v) is 4.82. The zero-order valence-electron chi connectivity index (χ0n) is 11.2. The molecule has 100 valence electrons.